The van der Waals surface area contributed by atoms with Gasteiger partial charge >= 0.3 is 0 Å². The molecule has 0 spiro atoms. The second-order valence-corrected chi connectivity index (χ2v) is 5.67. The Morgan fingerprint density at radius 1 is 1.29 bits per heavy atom. The molecule has 1 aromatic rings. The molecule has 0 amide bonds. The van der Waals surface area contributed by atoms with Gasteiger partial charge in [0.25, 0.3) is 0 Å². The molecule has 0 heteroatoms. The fourth-order valence-corrected chi connectivity index (χ4v) is 3.38. The minimum absolute atomic E-state index is 0.557. The van der Waals surface area contributed by atoms with Gasteiger partial charge in [-0.05, 0) is 54.6 Å². The molecule has 2 bridgehead atoms. The molecule has 0 radical (unpaired) electrons. The van der Waals surface area contributed by atoms with Crippen LogP contribution in [-0.4, -0.2) is 0 Å². The highest BCUT2D eigenvalue weighted by Crippen LogP contribution is 2.51. The highest BCUT2D eigenvalue weighted by Gasteiger charge is 2.39. The van der Waals surface area contributed by atoms with Crippen molar-refractivity contribution in [3.63, 3.8) is 0 Å². The van der Waals surface area contributed by atoms with Crippen LogP contribution in [0.3, 0.4) is 0 Å². The van der Waals surface area contributed by atoms with E-state index in [-0.39, 0.29) is 0 Å². The van der Waals surface area contributed by atoms with Crippen molar-refractivity contribution >= 4 is 6.08 Å². The fraction of sp³-hybridized carbons (Fsp3) is 0.412. The van der Waals surface area contributed by atoms with Gasteiger partial charge in [0.15, 0.2) is 0 Å². The van der Waals surface area contributed by atoms with Gasteiger partial charge in [-0.2, -0.15) is 0 Å². The number of rotatable bonds is 4. The van der Waals surface area contributed by atoms with E-state index in [0.29, 0.717) is 5.41 Å². The average Bonchev–Trinajstić information content (AvgIpc) is 2.98. The smallest absolute Gasteiger partial charge is 0.0109 e. The van der Waals surface area contributed by atoms with Crippen molar-refractivity contribution in [1.82, 2.24) is 0 Å². The van der Waals surface area contributed by atoms with Gasteiger partial charge in [-0.25, -0.2) is 0 Å². The largest absolute Gasteiger partial charge is 0.0985 e. The Morgan fingerprint density at radius 3 is 2.65 bits per heavy atom. The number of benzene rings is 1. The van der Waals surface area contributed by atoms with Crippen LogP contribution in [0.15, 0.2) is 43.0 Å². The minimum Gasteiger partial charge on any atom is -0.0985 e. The first-order valence-electron chi connectivity index (χ1n) is 6.70. The third-order valence-corrected chi connectivity index (χ3v) is 4.53. The molecule has 2 aliphatic rings. The molecule has 3 rings (SSSR count). The molecular formula is C17H20. The van der Waals surface area contributed by atoms with Crippen molar-refractivity contribution in [1.29, 1.82) is 0 Å². The zero-order valence-electron chi connectivity index (χ0n) is 10.4. The van der Waals surface area contributed by atoms with E-state index in [1.165, 1.54) is 43.2 Å². The summed E-state index contributed by atoms with van der Waals surface area (Å²) in [5, 5.41) is 0. The van der Waals surface area contributed by atoms with Crippen molar-refractivity contribution in [3.05, 3.63) is 54.1 Å². The van der Waals surface area contributed by atoms with E-state index in [0.717, 1.165) is 5.92 Å². The van der Waals surface area contributed by atoms with Crippen molar-refractivity contribution < 1.29 is 0 Å². The van der Waals surface area contributed by atoms with Crippen molar-refractivity contribution in [3.8, 4) is 0 Å². The first kappa shape index (κ1) is 10.8. The highest BCUT2D eigenvalue weighted by molar-refractivity contribution is 5.47. The van der Waals surface area contributed by atoms with Gasteiger partial charge in [0.2, 0.25) is 0 Å². The number of allylic oxidation sites excluding steroid dienone is 2. The van der Waals surface area contributed by atoms with E-state index in [9.17, 15) is 0 Å². The summed E-state index contributed by atoms with van der Waals surface area (Å²) in [6.45, 7) is 3.79. The van der Waals surface area contributed by atoms with E-state index in [4.69, 9.17) is 0 Å². The predicted molar refractivity (Wildman–Crippen MR) is 73.8 cm³/mol. The fourth-order valence-electron chi connectivity index (χ4n) is 3.38. The van der Waals surface area contributed by atoms with Crippen molar-refractivity contribution in [2.45, 2.75) is 32.1 Å². The van der Waals surface area contributed by atoms with Crippen LogP contribution >= 0.6 is 0 Å². The zero-order valence-corrected chi connectivity index (χ0v) is 10.4. The Bertz CT molecular complexity index is 438. The number of fused-ring (bicyclic) bond motifs is 2. The summed E-state index contributed by atoms with van der Waals surface area (Å²) in [7, 11) is 0. The summed E-state index contributed by atoms with van der Waals surface area (Å²) in [6.07, 6.45) is 13.7. The van der Waals surface area contributed by atoms with E-state index < -0.39 is 0 Å². The molecule has 0 nitrogen and oxygen atoms in total. The maximum atomic E-state index is 3.79. The highest BCUT2D eigenvalue weighted by atomic mass is 14.4. The van der Waals surface area contributed by atoms with Gasteiger partial charge in [-0.15, -0.1) is 0 Å². The lowest BCUT2D eigenvalue weighted by atomic mass is 9.82. The molecule has 1 aromatic carbocycles. The molecule has 0 aliphatic heterocycles. The molecule has 0 heterocycles. The van der Waals surface area contributed by atoms with Crippen LogP contribution in [0.2, 0.25) is 0 Å². The van der Waals surface area contributed by atoms with Gasteiger partial charge in [-0.3, -0.25) is 0 Å². The van der Waals surface area contributed by atoms with E-state index in [1.54, 1.807) is 0 Å². The van der Waals surface area contributed by atoms with Gasteiger partial charge in [-0.1, -0.05) is 49.1 Å². The standard InChI is InChI=1S/C17H20/c1-2-14-3-5-15(6-4-14)7-10-17-11-8-16(13-17)9-12-17/h2-6,8,11,16H,1,7,9-10,12-13H2. The Kier molecular flexibility index (Phi) is 2.66. The molecular weight excluding hydrogens is 204 g/mol. The lowest BCUT2D eigenvalue weighted by Gasteiger charge is -2.23. The molecule has 0 aromatic heterocycles. The minimum atomic E-state index is 0.557. The van der Waals surface area contributed by atoms with Crippen LogP contribution in [-0.2, 0) is 6.42 Å². The second-order valence-electron chi connectivity index (χ2n) is 5.67. The van der Waals surface area contributed by atoms with Crippen LogP contribution in [0.5, 0.6) is 0 Å². The summed E-state index contributed by atoms with van der Waals surface area (Å²) in [4.78, 5) is 0. The topological polar surface area (TPSA) is 0 Å². The SMILES string of the molecule is C=Cc1ccc(CCC23C=CC(CC2)C3)cc1. The lowest BCUT2D eigenvalue weighted by Crippen LogP contribution is -2.12. The third-order valence-electron chi connectivity index (χ3n) is 4.53. The summed E-state index contributed by atoms with van der Waals surface area (Å²) in [6, 6.07) is 8.83. The zero-order chi connectivity index (χ0) is 11.7. The predicted octanol–water partition coefficient (Wildman–Crippen LogP) is 4.62. The Morgan fingerprint density at radius 2 is 2.12 bits per heavy atom. The van der Waals surface area contributed by atoms with Crippen molar-refractivity contribution in [2.75, 3.05) is 0 Å². The van der Waals surface area contributed by atoms with Crippen LogP contribution in [0, 0.1) is 11.3 Å². The summed E-state index contributed by atoms with van der Waals surface area (Å²) in [5.41, 5.74) is 3.24. The third kappa shape index (κ3) is 2.09. The van der Waals surface area contributed by atoms with E-state index in [1.807, 2.05) is 6.08 Å². The Labute approximate surface area is 104 Å². The first-order valence-corrected chi connectivity index (χ1v) is 6.70. The molecule has 1 saturated carbocycles. The van der Waals surface area contributed by atoms with E-state index in [2.05, 4.69) is 43.0 Å². The summed E-state index contributed by atoms with van der Waals surface area (Å²) < 4.78 is 0. The van der Waals surface area contributed by atoms with Gasteiger partial charge < -0.3 is 0 Å². The molecule has 2 unspecified atom stereocenters. The quantitative estimate of drug-likeness (QED) is 0.655. The number of aryl methyl sites for hydroxylation is 1. The summed E-state index contributed by atoms with van der Waals surface area (Å²) in [5.74, 6) is 0.901. The van der Waals surface area contributed by atoms with Crippen LogP contribution in [0.1, 0.15) is 36.8 Å². The molecule has 2 aliphatic carbocycles. The lowest BCUT2D eigenvalue weighted by molar-refractivity contribution is 0.370. The normalized spacial score (nSPS) is 29.8. The Hall–Kier alpha value is -1.30. The van der Waals surface area contributed by atoms with Crippen molar-refractivity contribution in [2.24, 2.45) is 11.3 Å². The van der Waals surface area contributed by atoms with Crippen LogP contribution in [0.25, 0.3) is 6.08 Å². The van der Waals surface area contributed by atoms with Gasteiger partial charge in [0.05, 0.1) is 0 Å². The maximum Gasteiger partial charge on any atom is -0.0109 e. The van der Waals surface area contributed by atoms with E-state index >= 15 is 0 Å². The Balaban J connectivity index is 1.64. The molecule has 0 N–H and O–H groups in total. The molecule has 88 valence electrons. The van der Waals surface area contributed by atoms with Gasteiger partial charge in [0, 0.05) is 0 Å². The van der Waals surface area contributed by atoms with Gasteiger partial charge in [0.1, 0.15) is 0 Å². The second kappa shape index (κ2) is 4.18. The average molecular weight is 224 g/mol. The number of hydrogen-bond donors (Lipinski definition) is 0. The van der Waals surface area contributed by atoms with Crippen LogP contribution < -0.4 is 0 Å². The van der Waals surface area contributed by atoms with Crippen LogP contribution in [0.4, 0.5) is 0 Å². The summed E-state index contributed by atoms with van der Waals surface area (Å²) >= 11 is 0. The monoisotopic (exact) mass is 224 g/mol. The number of hydrogen-bond acceptors (Lipinski definition) is 0. The maximum absolute atomic E-state index is 3.79. The molecule has 1 fully saturated rings. The first-order chi connectivity index (χ1) is 8.30. The molecule has 0 saturated heterocycles. The molecule has 17 heavy (non-hydrogen) atoms. The molecule has 2 atom stereocenters.